The van der Waals surface area contributed by atoms with Gasteiger partial charge in [-0.05, 0) is 43.9 Å². The van der Waals surface area contributed by atoms with Crippen LogP contribution in [0.1, 0.15) is 52.9 Å². The zero-order valence-corrected chi connectivity index (χ0v) is 11.7. The third-order valence-electron chi connectivity index (χ3n) is 4.63. The Balaban J connectivity index is 2.62. The second-order valence-corrected chi connectivity index (χ2v) is 5.94. The van der Waals surface area contributed by atoms with Crippen LogP contribution >= 0.6 is 0 Å². The summed E-state index contributed by atoms with van der Waals surface area (Å²) in [5.74, 6) is 1.56. The van der Waals surface area contributed by atoms with Gasteiger partial charge in [-0.3, -0.25) is 0 Å². The Morgan fingerprint density at radius 3 is 2.59 bits per heavy atom. The van der Waals surface area contributed by atoms with Crippen molar-refractivity contribution < 1.29 is 5.11 Å². The minimum Gasteiger partial charge on any atom is -0.396 e. The summed E-state index contributed by atoms with van der Waals surface area (Å²) < 4.78 is 0. The number of nitrogens with two attached hydrogens (primary N) is 1. The molecule has 0 saturated heterocycles. The van der Waals surface area contributed by atoms with Crippen LogP contribution in [0.2, 0.25) is 0 Å². The standard InChI is InChI=1S/C14H30N2O/c1-4-13(6-8-17)16-14(10-15)7-5-11(2)12(3)9-14/h11-13,16-17H,4-10,15H2,1-3H3. The summed E-state index contributed by atoms with van der Waals surface area (Å²) in [6.07, 6.45) is 5.51. The Kier molecular flexibility index (Phi) is 5.90. The van der Waals surface area contributed by atoms with Gasteiger partial charge in [0.05, 0.1) is 0 Å². The molecule has 1 fully saturated rings. The van der Waals surface area contributed by atoms with E-state index < -0.39 is 0 Å². The Morgan fingerprint density at radius 1 is 1.41 bits per heavy atom. The second-order valence-electron chi connectivity index (χ2n) is 5.94. The van der Waals surface area contributed by atoms with Crippen molar-refractivity contribution in [2.24, 2.45) is 17.6 Å². The second kappa shape index (κ2) is 6.72. The van der Waals surface area contributed by atoms with Gasteiger partial charge < -0.3 is 16.2 Å². The number of aliphatic hydroxyl groups is 1. The first-order valence-electron chi connectivity index (χ1n) is 7.15. The number of rotatable bonds is 6. The number of nitrogens with one attached hydrogen (secondary N) is 1. The molecular weight excluding hydrogens is 212 g/mol. The summed E-state index contributed by atoms with van der Waals surface area (Å²) in [5.41, 5.74) is 6.13. The number of hydrogen-bond acceptors (Lipinski definition) is 3. The van der Waals surface area contributed by atoms with E-state index in [4.69, 9.17) is 10.8 Å². The van der Waals surface area contributed by atoms with Gasteiger partial charge in [-0.15, -0.1) is 0 Å². The average molecular weight is 242 g/mol. The Bertz CT molecular complexity index is 222. The maximum absolute atomic E-state index is 9.08. The molecule has 4 N–H and O–H groups in total. The summed E-state index contributed by atoms with van der Waals surface area (Å²) in [5, 5.41) is 12.8. The van der Waals surface area contributed by atoms with Crippen molar-refractivity contribution in [3.63, 3.8) is 0 Å². The highest BCUT2D eigenvalue weighted by Crippen LogP contribution is 2.36. The van der Waals surface area contributed by atoms with E-state index in [9.17, 15) is 0 Å². The maximum Gasteiger partial charge on any atom is 0.0445 e. The van der Waals surface area contributed by atoms with Crippen molar-refractivity contribution >= 4 is 0 Å². The molecule has 0 spiro atoms. The summed E-state index contributed by atoms with van der Waals surface area (Å²) in [6, 6.07) is 0.407. The van der Waals surface area contributed by atoms with Crippen LogP contribution in [0.25, 0.3) is 0 Å². The molecule has 3 nitrogen and oxygen atoms in total. The van der Waals surface area contributed by atoms with Crippen LogP contribution in [0, 0.1) is 11.8 Å². The Morgan fingerprint density at radius 2 is 2.12 bits per heavy atom. The highest BCUT2D eigenvalue weighted by atomic mass is 16.3. The fraction of sp³-hybridized carbons (Fsp3) is 1.00. The van der Waals surface area contributed by atoms with E-state index in [0.717, 1.165) is 24.7 Å². The minimum absolute atomic E-state index is 0.113. The van der Waals surface area contributed by atoms with Gasteiger partial charge in [0.15, 0.2) is 0 Å². The third-order valence-corrected chi connectivity index (χ3v) is 4.63. The minimum atomic E-state index is 0.113. The van der Waals surface area contributed by atoms with Crippen LogP contribution in [0.5, 0.6) is 0 Å². The molecule has 0 amide bonds. The van der Waals surface area contributed by atoms with Crippen LogP contribution in [0.3, 0.4) is 0 Å². The van der Waals surface area contributed by atoms with Crippen molar-refractivity contribution in [2.45, 2.75) is 64.5 Å². The molecule has 1 aliphatic rings. The van der Waals surface area contributed by atoms with Crippen LogP contribution in [-0.4, -0.2) is 29.8 Å². The molecule has 0 heterocycles. The zero-order chi connectivity index (χ0) is 12.9. The molecule has 4 unspecified atom stereocenters. The maximum atomic E-state index is 9.08. The zero-order valence-electron chi connectivity index (χ0n) is 11.7. The van der Waals surface area contributed by atoms with E-state index in [1.54, 1.807) is 0 Å². The molecule has 0 aliphatic heterocycles. The van der Waals surface area contributed by atoms with E-state index in [-0.39, 0.29) is 12.1 Å². The smallest absolute Gasteiger partial charge is 0.0445 e. The largest absolute Gasteiger partial charge is 0.396 e. The average Bonchev–Trinajstić information content (AvgIpc) is 2.33. The molecule has 17 heavy (non-hydrogen) atoms. The van der Waals surface area contributed by atoms with Gasteiger partial charge >= 0.3 is 0 Å². The van der Waals surface area contributed by atoms with Gasteiger partial charge in [-0.25, -0.2) is 0 Å². The lowest BCUT2D eigenvalue weighted by Crippen LogP contribution is -2.58. The molecule has 0 aromatic rings. The lowest BCUT2D eigenvalue weighted by atomic mass is 9.71. The monoisotopic (exact) mass is 242 g/mol. The van der Waals surface area contributed by atoms with Gasteiger partial charge in [-0.2, -0.15) is 0 Å². The van der Waals surface area contributed by atoms with Gasteiger partial charge in [0.2, 0.25) is 0 Å². The van der Waals surface area contributed by atoms with Crippen molar-refractivity contribution in [2.75, 3.05) is 13.2 Å². The molecule has 0 radical (unpaired) electrons. The van der Waals surface area contributed by atoms with E-state index in [0.29, 0.717) is 12.6 Å². The van der Waals surface area contributed by atoms with Gasteiger partial charge in [-0.1, -0.05) is 20.8 Å². The van der Waals surface area contributed by atoms with E-state index in [1.165, 1.54) is 19.3 Å². The van der Waals surface area contributed by atoms with Crippen molar-refractivity contribution in [3.05, 3.63) is 0 Å². The fourth-order valence-corrected chi connectivity index (χ4v) is 3.05. The Hall–Kier alpha value is -0.120. The van der Waals surface area contributed by atoms with Gasteiger partial charge in [0.25, 0.3) is 0 Å². The van der Waals surface area contributed by atoms with E-state index in [2.05, 4.69) is 26.1 Å². The predicted molar refractivity (Wildman–Crippen MR) is 72.9 cm³/mol. The van der Waals surface area contributed by atoms with E-state index in [1.807, 2.05) is 0 Å². The van der Waals surface area contributed by atoms with Crippen molar-refractivity contribution in [3.8, 4) is 0 Å². The molecule has 1 saturated carbocycles. The normalized spacial score (nSPS) is 35.8. The fourth-order valence-electron chi connectivity index (χ4n) is 3.05. The number of hydrogen-bond donors (Lipinski definition) is 3. The van der Waals surface area contributed by atoms with Crippen LogP contribution in [-0.2, 0) is 0 Å². The molecule has 1 rings (SSSR count). The molecule has 0 bridgehead atoms. The van der Waals surface area contributed by atoms with E-state index >= 15 is 0 Å². The van der Waals surface area contributed by atoms with Crippen LogP contribution < -0.4 is 11.1 Å². The highest BCUT2D eigenvalue weighted by Gasteiger charge is 2.37. The van der Waals surface area contributed by atoms with Crippen LogP contribution in [0.15, 0.2) is 0 Å². The molecule has 4 atom stereocenters. The SMILES string of the molecule is CCC(CCO)NC1(CN)CCC(C)C(C)C1. The summed E-state index contributed by atoms with van der Waals surface area (Å²) in [7, 11) is 0. The van der Waals surface area contributed by atoms with Crippen molar-refractivity contribution in [1.82, 2.24) is 5.32 Å². The topological polar surface area (TPSA) is 58.3 Å². The number of aliphatic hydroxyl groups excluding tert-OH is 1. The first-order chi connectivity index (χ1) is 8.06. The quantitative estimate of drug-likeness (QED) is 0.666. The van der Waals surface area contributed by atoms with Gasteiger partial charge in [0.1, 0.15) is 0 Å². The molecular formula is C14H30N2O. The molecule has 1 aliphatic carbocycles. The van der Waals surface area contributed by atoms with Gasteiger partial charge in [0, 0.05) is 24.7 Å². The Labute approximate surface area is 106 Å². The molecule has 0 aromatic heterocycles. The summed E-state index contributed by atoms with van der Waals surface area (Å²) >= 11 is 0. The summed E-state index contributed by atoms with van der Waals surface area (Å²) in [4.78, 5) is 0. The highest BCUT2D eigenvalue weighted by molar-refractivity contribution is 4.97. The lowest BCUT2D eigenvalue weighted by Gasteiger charge is -2.45. The van der Waals surface area contributed by atoms with Crippen molar-refractivity contribution in [1.29, 1.82) is 0 Å². The summed E-state index contributed by atoms with van der Waals surface area (Å²) in [6.45, 7) is 7.83. The molecule has 102 valence electrons. The first kappa shape index (κ1) is 14.9. The predicted octanol–water partition coefficient (Wildman–Crippen LogP) is 1.89. The third kappa shape index (κ3) is 3.94. The van der Waals surface area contributed by atoms with Crippen LogP contribution in [0.4, 0.5) is 0 Å². The molecule has 3 heteroatoms. The first-order valence-corrected chi connectivity index (χ1v) is 7.15. The lowest BCUT2D eigenvalue weighted by molar-refractivity contribution is 0.125. The molecule has 0 aromatic carbocycles.